The number of esters is 2. The Bertz CT molecular complexity index is 1650. The van der Waals surface area contributed by atoms with Crippen molar-refractivity contribution >= 4 is 11.9 Å². The van der Waals surface area contributed by atoms with Crippen molar-refractivity contribution in [3.8, 4) is 0 Å². The maximum atomic E-state index is 14.3. The molecule has 0 aromatic rings. The molecule has 5 aliphatic heterocycles. The van der Waals surface area contributed by atoms with Crippen LogP contribution in [0.4, 0.5) is 0 Å². The van der Waals surface area contributed by atoms with E-state index in [1.807, 2.05) is 32.1 Å². The Morgan fingerprint density at radius 3 is 2.54 bits per heavy atom. The van der Waals surface area contributed by atoms with E-state index in [1.165, 1.54) is 0 Å². The first kappa shape index (κ1) is 42.4. The van der Waals surface area contributed by atoms with E-state index in [0.29, 0.717) is 36.8 Å². The molecule has 2 N–H and O–H groups in total. The van der Waals surface area contributed by atoms with Gasteiger partial charge in [-0.05, 0) is 68.7 Å². The fraction of sp³-hybridized carbons (Fsp3) is 0.733. The number of hydrogen-bond acceptors (Lipinski definition) is 12. The summed E-state index contributed by atoms with van der Waals surface area (Å²) in [5.74, 6) is -2.76. The summed E-state index contributed by atoms with van der Waals surface area (Å²) in [6.45, 7) is 14.2. The third kappa shape index (κ3) is 8.66. The topological polar surface area (TPSA) is 148 Å². The second-order valence-electron chi connectivity index (χ2n) is 17.8. The summed E-state index contributed by atoms with van der Waals surface area (Å²) in [7, 11) is 1.62. The first-order valence-electron chi connectivity index (χ1n) is 21.2. The lowest BCUT2D eigenvalue weighted by Gasteiger charge is -2.48. The van der Waals surface area contributed by atoms with Crippen molar-refractivity contribution in [2.45, 2.75) is 166 Å². The minimum Gasteiger partial charge on any atom is -0.462 e. The zero-order valence-corrected chi connectivity index (χ0v) is 34.8. The number of carbonyl (C=O) groups excluding carboxylic acids is 2. The van der Waals surface area contributed by atoms with Crippen LogP contribution in [-0.2, 0) is 47.5 Å². The Morgan fingerprint density at radius 1 is 1.05 bits per heavy atom. The highest BCUT2D eigenvalue weighted by molar-refractivity contribution is 5.78. The van der Waals surface area contributed by atoms with Gasteiger partial charge >= 0.3 is 11.9 Å². The number of aliphatic hydroxyl groups excluding tert-OH is 1. The van der Waals surface area contributed by atoms with Crippen molar-refractivity contribution < 1.29 is 57.7 Å². The van der Waals surface area contributed by atoms with Gasteiger partial charge in [0, 0.05) is 38.2 Å². The van der Waals surface area contributed by atoms with Crippen LogP contribution in [0, 0.1) is 29.6 Å². The summed E-state index contributed by atoms with van der Waals surface area (Å²) < 4.78 is 51.0. The largest absolute Gasteiger partial charge is 0.462 e. The minimum atomic E-state index is -1.83. The minimum absolute atomic E-state index is 0.0366. The third-order valence-corrected chi connectivity index (χ3v) is 13.4. The first-order chi connectivity index (χ1) is 27.2. The molecule has 1 saturated carbocycles. The van der Waals surface area contributed by atoms with Gasteiger partial charge in [-0.1, -0.05) is 70.6 Å². The van der Waals surface area contributed by atoms with Crippen LogP contribution in [0.3, 0.4) is 0 Å². The van der Waals surface area contributed by atoms with E-state index in [4.69, 9.17) is 37.9 Å². The molecule has 2 aliphatic carbocycles. The van der Waals surface area contributed by atoms with Gasteiger partial charge in [0.05, 0.1) is 36.9 Å². The number of carbonyl (C=O) groups is 2. The van der Waals surface area contributed by atoms with Gasteiger partial charge in [0.1, 0.15) is 35.9 Å². The molecule has 4 fully saturated rings. The van der Waals surface area contributed by atoms with Crippen molar-refractivity contribution in [1.82, 2.24) is 0 Å². The van der Waals surface area contributed by atoms with Gasteiger partial charge in [0.15, 0.2) is 18.2 Å². The van der Waals surface area contributed by atoms with E-state index in [9.17, 15) is 19.8 Å². The van der Waals surface area contributed by atoms with Crippen LogP contribution >= 0.6 is 0 Å². The molecule has 0 amide bonds. The number of aliphatic hydroxyl groups is 2. The number of rotatable bonds is 7. The Kier molecular flexibility index (Phi) is 12.8. The van der Waals surface area contributed by atoms with Gasteiger partial charge in [-0.2, -0.15) is 0 Å². The fourth-order valence-corrected chi connectivity index (χ4v) is 9.58. The predicted molar refractivity (Wildman–Crippen MR) is 209 cm³/mol. The summed E-state index contributed by atoms with van der Waals surface area (Å²) >= 11 is 0. The molecule has 5 heterocycles. The number of hydrogen-bond donors (Lipinski definition) is 2. The maximum Gasteiger partial charge on any atom is 0.316 e. The highest BCUT2D eigenvalue weighted by Crippen LogP contribution is 2.47. The van der Waals surface area contributed by atoms with E-state index in [1.54, 1.807) is 26.2 Å². The normalized spacial score (nSPS) is 44.4. The van der Waals surface area contributed by atoms with Gasteiger partial charge in [-0.15, -0.1) is 0 Å². The highest BCUT2D eigenvalue weighted by atomic mass is 16.7. The molecule has 12 heteroatoms. The molecule has 16 atom stereocenters. The molecule has 1 spiro atoms. The molecular formula is C45H64O12. The van der Waals surface area contributed by atoms with Crippen LogP contribution in [0.25, 0.3) is 0 Å². The monoisotopic (exact) mass is 796 g/mol. The molecule has 7 aliphatic rings. The molecule has 0 aromatic carbocycles. The standard InChI is InChI=1S/C45H64O12/c1-9-24(2)39-27(5)17-18-44(57-39)22-33-20-32(56-44)16-13-26(4)38(54-36-21-35(50-8)40(29(7)52-36)55-42(47)30-14-15-30)25(3)11-10-12-31-23-51-41-37(46)28(6)19-34(43(48)53-33)45(31,41)49/h10-13,17-19,24-25,27,29-30,32-41,46,49H,9,14-16,20-23H2,1-8H3/t24-,25-,27-,29?,32+,33-,34?,35?,36?,37+,38-,39+,40?,41+,44?,45+/m0/s1. The third-order valence-electron chi connectivity index (χ3n) is 13.4. The molecule has 12 nitrogen and oxygen atoms in total. The Balaban J connectivity index is 1.22. The Labute approximate surface area is 337 Å². The van der Waals surface area contributed by atoms with Crippen molar-refractivity contribution in [2.24, 2.45) is 29.6 Å². The van der Waals surface area contributed by atoms with E-state index < -0.39 is 72.3 Å². The summed E-state index contributed by atoms with van der Waals surface area (Å²) in [6, 6.07) is 0. The lowest BCUT2D eigenvalue weighted by Crippen LogP contribution is -2.58. The van der Waals surface area contributed by atoms with Crippen molar-refractivity contribution in [2.75, 3.05) is 13.7 Å². The van der Waals surface area contributed by atoms with Gasteiger partial charge < -0.3 is 48.1 Å². The van der Waals surface area contributed by atoms with Crippen LogP contribution in [0.5, 0.6) is 0 Å². The quantitative estimate of drug-likeness (QED) is 0.237. The second-order valence-corrected chi connectivity index (χ2v) is 17.8. The molecule has 6 unspecified atom stereocenters. The second kappa shape index (κ2) is 17.1. The zero-order chi connectivity index (χ0) is 40.8. The van der Waals surface area contributed by atoms with Crippen LogP contribution < -0.4 is 0 Å². The smallest absolute Gasteiger partial charge is 0.316 e. The number of ether oxygens (including phenoxy) is 8. The van der Waals surface area contributed by atoms with E-state index in [0.717, 1.165) is 24.8 Å². The maximum absolute atomic E-state index is 14.3. The van der Waals surface area contributed by atoms with Crippen LogP contribution in [-0.4, -0.2) is 108 Å². The molecule has 0 radical (unpaired) electrons. The summed E-state index contributed by atoms with van der Waals surface area (Å²) in [5, 5.41) is 23.6. The summed E-state index contributed by atoms with van der Waals surface area (Å²) in [4.78, 5) is 26.9. The van der Waals surface area contributed by atoms with Gasteiger partial charge in [-0.25, -0.2) is 0 Å². The van der Waals surface area contributed by atoms with E-state index in [2.05, 4.69) is 39.8 Å². The molecule has 316 valence electrons. The zero-order valence-electron chi connectivity index (χ0n) is 34.8. The van der Waals surface area contributed by atoms with Crippen LogP contribution in [0.2, 0.25) is 0 Å². The van der Waals surface area contributed by atoms with Gasteiger partial charge in [0.2, 0.25) is 0 Å². The van der Waals surface area contributed by atoms with Crippen molar-refractivity contribution in [3.63, 3.8) is 0 Å². The Hall–Kier alpha value is -2.68. The van der Waals surface area contributed by atoms with Crippen LogP contribution in [0.1, 0.15) is 93.4 Å². The first-order valence-corrected chi connectivity index (χ1v) is 21.2. The summed E-state index contributed by atoms with van der Waals surface area (Å²) in [5.41, 5.74) is 0.149. The van der Waals surface area contributed by atoms with Crippen molar-refractivity contribution in [3.05, 3.63) is 59.3 Å². The van der Waals surface area contributed by atoms with Gasteiger partial charge in [0.25, 0.3) is 0 Å². The molecular weight excluding hydrogens is 732 g/mol. The number of methoxy groups -OCH3 is 1. The Morgan fingerprint density at radius 2 is 1.82 bits per heavy atom. The van der Waals surface area contributed by atoms with Crippen LogP contribution in [0.15, 0.2) is 59.3 Å². The van der Waals surface area contributed by atoms with E-state index >= 15 is 0 Å². The predicted octanol–water partition coefficient (Wildman–Crippen LogP) is 5.80. The van der Waals surface area contributed by atoms with Crippen molar-refractivity contribution in [1.29, 1.82) is 0 Å². The molecule has 3 saturated heterocycles. The average Bonchev–Trinajstić information content (AvgIpc) is 3.98. The summed E-state index contributed by atoms with van der Waals surface area (Å²) in [6.07, 6.45) is 12.1. The number of allylic oxidation sites excluding steroid dienone is 2. The molecule has 2 bridgehead atoms. The number of fused-ring (bicyclic) bond motifs is 2. The van der Waals surface area contributed by atoms with Gasteiger partial charge in [-0.3, -0.25) is 9.59 Å². The molecule has 0 aromatic heterocycles. The van der Waals surface area contributed by atoms with E-state index in [-0.39, 0.29) is 48.5 Å². The molecule has 57 heavy (non-hydrogen) atoms. The molecule has 7 rings (SSSR count). The lowest BCUT2D eigenvalue weighted by atomic mass is 9.71. The SMILES string of the molecule is CC[C@H](C)[C@H]1OC2(C=C[C@@H]1C)C[C@@H]1C[C@@H](CC=C(C)[C@@H](OC3CC(OC)C(OC(=O)C4CC4)C(C)O3)[C@@H](C)C=CC=C3CO[C@@H]4[C@H](O)C(C)=CC(C(=O)O1)[C@]34O)O2. The average molecular weight is 797 g/mol. The lowest BCUT2D eigenvalue weighted by molar-refractivity contribution is -0.300. The highest BCUT2D eigenvalue weighted by Gasteiger charge is 2.60. The fourth-order valence-electron chi connectivity index (χ4n) is 9.58.